The molecule has 1 heterocycles. The van der Waals surface area contributed by atoms with E-state index in [2.05, 4.69) is 9.64 Å². The van der Waals surface area contributed by atoms with Gasteiger partial charge in [-0.25, -0.2) is 4.79 Å². The quantitative estimate of drug-likeness (QED) is 0.603. The van der Waals surface area contributed by atoms with Gasteiger partial charge in [0.1, 0.15) is 0 Å². The zero-order chi connectivity index (χ0) is 9.47. The van der Waals surface area contributed by atoms with E-state index in [9.17, 15) is 9.90 Å². The highest BCUT2D eigenvalue weighted by Crippen LogP contribution is 2.33. The molecule has 0 aromatic carbocycles. The summed E-state index contributed by atoms with van der Waals surface area (Å²) in [6.45, 7) is 1.26. The molecule has 1 atom stereocenters. The van der Waals surface area contributed by atoms with Gasteiger partial charge in [-0.1, -0.05) is 0 Å². The Morgan fingerprint density at radius 1 is 1.62 bits per heavy atom. The number of carbonyl (C=O) groups excluding carboxylic acids is 1. The van der Waals surface area contributed by atoms with Gasteiger partial charge in [0.05, 0.1) is 7.11 Å². The summed E-state index contributed by atoms with van der Waals surface area (Å²) in [6.07, 6.45) is 2.92. The second-order valence-electron chi connectivity index (χ2n) is 3.97. The van der Waals surface area contributed by atoms with Crippen LogP contribution in [0.4, 0.5) is 0 Å². The van der Waals surface area contributed by atoms with Crippen LogP contribution in [0.2, 0.25) is 0 Å². The first kappa shape index (κ1) is 8.97. The molecule has 0 aromatic heterocycles. The maximum atomic E-state index is 11.2. The predicted octanol–water partition coefficient (Wildman–Crippen LogP) is -0.241. The average Bonchev–Trinajstić information content (AvgIpc) is 2.90. The third kappa shape index (κ3) is 1.56. The Hall–Kier alpha value is -0.610. The van der Waals surface area contributed by atoms with E-state index >= 15 is 0 Å². The second-order valence-corrected chi connectivity index (χ2v) is 3.97. The van der Waals surface area contributed by atoms with Gasteiger partial charge in [-0.15, -0.1) is 0 Å². The number of hydrogen-bond donors (Lipinski definition) is 1. The maximum Gasteiger partial charge on any atom is 0.339 e. The smallest absolute Gasteiger partial charge is 0.339 e. The number of likely N-dealkylation sites (tertiary alicyclic amines) is 1. The molecule has 0 spiro atoms. The Labute approximate surface area is 77.5 Å². The fraction of sp³-hybridized carbons (Fsp3) is 0.889. The van der Waals surface area contributed by atoms with Crippen molar-refractivity contribution < 1.29 is 14.6 Å². The normalized spacial score (nSPS) is 34.9. The fourth-order valence-corrected chi connectivity index (χ4v) is 1.93. The minimum absolute atomic E-state index is 0.449. The van der Waals surface area contributed by atoms with Crippen LogP contribution >= 0.6 is 0 Å². The summed E-state index contributed by atoms with van der Waals surface area (Å²) in [5.41, 5.74) is -1.24. The molecule has 1 unspecified atom stereocenters. The molecular weight excluding hydrogens is 170 g/mol. The molecule has 0 bridgehead atoms. The van der Waals surface area contributed by atoms with Crippen LogP contribution in [0.1, 0.15) is 19.3 Å². The first-order valence-corrected chi connectivity index (χ1v) is 4.70. The van der Waals surface area contributed by atoms with Crippen molar-refractivity contribution in [2.45, 2.75) is 30.9 Å². The molecule has 0 amide bonds. The molecule has 1 aliphatic heterocycles. The minimum Gasteiger partial charge on any atom is -0.467 e. The summed E-state index contributed by atoms with van der Waals surface area (Å²) >= 11 is 0. The zero-order valence-electron chi connectivity index (χ0n) is 7.82. The van der Waals surface area contributed by atoms with Crippen molar-refractivity contribution in [3.05, 3.63) is 0 Å². The van der Waals surface area contributed by atoms with E-state index < -0.39 is 11.6 Å². The molecule has 4 heteroatoms. The van der Waals surface area contributed by atoms with Gasteiger partial charge in [0, 0.05) is 25.6 Å². The van der Waals surface area contributed by atoms with Gasteiger partial charge in [-0.2, -0.15) is 0 Å². The first-order chi connectivity index (χ1) is 6.15. The molecule has 13 heavy (non-hydrogen) atoms. The topological polar surface area (TPSA) is 49.8 Å². The third-order valence-electron chi connectivity index (χ3n) is 2.91. The molecule has 0 radical (unpaired) electrons. The number of rotatable bonds is 2. The van der Waals surface area contributed by atoms with Gasteiger partial charge in [0.15, 0.2) is 5.60 Å². The molecule has 1 aliphatic carbocycles. The molecule has 0 aromatic rings. The van der Waals surface area contributed by atoms with Crippen molar-refractivity contribution >= 4 is 5.97 Å². The molecule has 1 N–H and O–H groups in total. The van der Waals surface area contributed by atoms with E-state index in [1.165, 1.54) is 20.0 Å². The zero-order valence-corrected chi connectivity index (χ0v) is 7.82. The minimum atomic E-state index is -1.24. The first-order valence-electron chi connectivity index (χ1n) is 4.70. The molecule has 2 fully saturated rings. The number of esters is 1. The molecule has 1 saturated heterocycles. The monoisotopic (exact) mass is 185 g/mol. The number of carbonyl (C=O) groups is 1. The van der Waals surface area contributed by atoms with E-state index in [0.29, 0.717) is 19.0 Å². The van der Waals surface area contributed by atoms with Gasteiger partial charge in [-0.05, 0) is 12.8 Å². The highest BCUT2D eigenvalue weighted by atomic mass is 16.5. The average molecular weight is 185 g/mol. The van der Waals surface area contributed by atoms with Crippen molar-refractivity contribution in [2.24, 2.45) is 0 Å². The van der Waals surface area contributed by atoms with Crippen LogP contribution in [0.3, 0.4) is 0 Å². The molecule has 2 rings (SSSR count). The number of aliphatic hydroxyl groups is 1. The lowest BCUT2D eigenvalue weighted by atomic mass is 10.0. The molecule has 2 aliphatic rings. The SMILES string of the molecule is COC(=O)C1(O)CCN(C2CC2)C1. The number of ether oxygens (including phenoxy) is 1. The third-order valence-corrected chi connectivity index (χ3v) is 2.91. The number of hydrogen-bond acceptors (Lipinski definition) is 4. The van der Waals surface area contributed by atoms with Crippen LogP contribution in [0.25, 0.3) is 0 Å². The fourth-order valence-electron chi connectivity index (χ4n) is 1.93. The van der Waals surface area contributed by atoms with Crippen LogP contribution in [0, 0.1) is 0 Å². The molecule has 1 saturated carbocycles. The van der Waals surface area contributed by atoms with Crippen molar-refractivity contribution in [1.29, 1.82) is 0 Å². The van der Waals surface area contributed by atoms with Gasteiger partial charge in [-0.3, -0.25) is 4.90 Å². The Kier molecular flexibility index (Phi) is 2.04. The lowest BCUT2D eigenvalue weighted by Gasteiger charge is -2.20. The van der Waals surface area contributed by atoms with Crippen molar-refractivity contribution in [1.82, 2.24) is 4.90 Å². The standard InChI is InChI=1S/C9H15NO3/c1-13-8(11)9(12)4-5-10(6-9)7-2-3-7/h7,12H,2-6H2,1H3. The van der Waals surface area contributed by atoms with Gasteiger partial charge >= 0.3 is 5.97 Å². The Balaban J connectivity index is 1.98. The van der Waals surface area contributed by atoms with Crippen molar-refractivity contribution in [2.75, 3.05) is 20.2 Å². The van der Waals surface area contributed by atoms with Gasteiger partial charge in [0.25, 0.3) is 0 Å². The molecular formula is C9H15NO3. The second kappa shape index (κ2) is 2.96. The largest absolute Gasteiger partial charge is 0.467 e. The Morgan fingerprint density at radius 2 is 2.31 bits per heavy atom. The maximum absolute atomic E-state index is 11.2. The molecule has 4 nitrogen and oxygen atoms in total. The van der Waals surface area contributed by atoms with Crippen LogP contribution in [0.15, 0.2) is 0 Å². The lowest BCUT2D eigenvalue weighted by molar-refractivity contribution is -0.160. The summed E-state index contributed by atoms with van der Waals surface area (Å²) in [5, 5.41) is 9.89. The highest BCUT2D eigenvalue weighted by Gasteiger charge is 2.47. The summed E-state index contributed by atoms with van der Waals surface area (Å²) in [6, 6.07) is 0.610. The number of nitrogens with zero attached hydrogens (tertiary/aromatic N) is 1. The van der Waals surface area contributed by atoms with Crippen molar-refractivity contribution in [3.8, 4) is 0 Å². The van der Waals surface area contributed by atoms with Crippen LogP contribution in [-0.2, 0) is 9.53 Å². The summed E-state index contributed by atoms with van der Waals surface area (Å²) in [5.74, 6) is -0.490. The van der Waals surface area contributed by atoms with E-state index in [1.807, 2.05) is 0 Å². The number of β-amino-alcohol motifs (C(OH)–C–C–N with tert-alkyl or cyclic N) is 1. The van der Waals surface area contributed by atoms with Crippen LogP contribution < -0.4 is 0 Å². The summed E-state index contributed by atoms with van der Waals surface area (Å²) < 4.78 is 4.57. The van der Waals surface area contributed by atoms with E-state index in [0.717, 1.165) is 6.54 Å². The van der Waals surface area contributed by atoms with E-state index in [1.54, 1.807) is 0 Å². The highest BCUT2D eigenvalue weighted by molar-refractivity contribution is 5.79. The van der Waals surface area contributed by atoms with Crippen molar-refractivity contribution in [3.63, 3.8) is 0 Å². The Morgan fingerprint density at radius 3 is 2.85 bits per heavy atom. The van der Waals surface area contributed by atoms with Crippen LogP contribution in [-0.4, -0.2) is 47.8 Å². The summed E-state index contributed by atoms with van der Waals surface area (Å²) in [7, 11) is 1.32. The Bertz CT molecular complexity index is 227. The number of methoxy groups -OCH3 is 1. The van der Waals surface area contributed by atoms with E-state index in [-0.39, 0.29) is 0 Å². The van der Waals surface area contributed by atoms with Crippen LogP contribution in [0.5, 0.6) is 0 Å². The van der Waals surface area contributed by atoms with E-state index in [4.69, 9.17) is 0 Å². The summed E-state index contributed by atoms with van der Waals surface area (Å²) in [4.78, 5) is 13.4. The van der Waals surface area contributed by atoms with Gasteiger partial charge in [0.2, 0.25) is 0 Å². The predicted molar refractivity (Wildman–Crippen MR) is 46.2 cm³/mol. The van der Waals surface area contributed by atoms with Gasteiger partial charge < -0.3 is 9.84 Å². The molecule has 74 valence electrons. The lowest BCUT2D eigenvalue weighted by Crippen LogP contribution is -2.42.